The highest BCUT2D eigenvalue weighted by molar-refractivity contribution is 5.89. The van der Waals surface area contributed by atoms with Gasteiger partial charge in [-0.1, -0.05) is 20.4 Å². The van der Waals surface area contributed by atoms with Crippen molar-refractivity contribution in [3.8, 4) is 0 Å². The van der Waals surface area contributed by atoms with Crippen molar-refractivity contribution in [3.63, 3.8) is 0 Å². The predicted molar refractivity (Wildman–Crippen MR) is 72.7 cm³/mol. The fourth-order valence-corrected chi connectivity index (χ4v) is 2.00. The molecule has 0 saturated carbocycles. The highest BCUT2D eigenvalue weighted by Crippen LogP contribution is 2.37. The molecule has 3 N–H and O–H groups in total. The molecule has 0 aromatic carbocycles. The average molecular weight is 288 g/mol. The summed E-state index contributed by atoms with van der Waals surface area (Å²) in [4.78, 5) is 23.2. The van der Waals surface area contributed by atoms with Gasteiger partial charge >= 0.3 is 11.9 Å². The quantitative estimate of drug-likeness (QED) is 0.353. The number of rotatable bonds is 8. The van der Waals surface area contributed by atoms with Gasteiger partial charge in [-0.25, -0.2) is 4.79 Å². The van der Waals surface area contributed by atoms with Crippen LogP contribution in [0.25, 0.3) is 0 Å². The molecule has 116 valence electrons. The second-order valence-corrected chi connectivity index (χ2v) is 5.27. The van der Waals surface area contributed by atoms with Crippen LogP contribution >= 0.6 is 0 Å². The summed E-state index contributed by atoms with van der Waals surface area (Å²) in [5, 5.41) is 28.4. The summed E-state index contributed by atoms with van der Waals surface area (Å²) in [6.45, 7) is 9.69. The zero-order chi connectivity index (χ0) is 16.1. The first-order valence-corrected chi connectivity index (χ1v) is 6.58. The van der Waals surface area contributed by atoms with E-state index < -0.39 is 35.7 Å². The van der Waals surface area contributed by atoms with Gasteiger partial charge in [0, 0.05) is 17.9 Å². The van der Waals surface area contributed by atoms with Crippen LogP contribution in [0.5, 0.6) is 0 Å². The van der Waals surface area contributed by atoms with Crippen molar-refractivity contribution < 1.29 is 29.6 Å². The van der Waals surface area contributed by atoms with Gasteiger partial charge in [0.15, 0.2) is 6.29 Å². The molecule has 0 aliphatic rings. The Morgan fingerprint density at radius 3 is 2.05 bits per heavy atom. The van der Waals surface area contributed by atoms with Crippen molar-refractivity contribution in [2.24, 2.45) is 11.3 Å². The van der Waals surface area contributed by atoms with E-state index in [4.69, 9.17) is 9.84 Å². The lowest BCUT2D eigenvalue weighted by Gasteiger charge is -2.35. The summed E-state index contributed by atoms with van der Waals surface area (Å²) in [6, 6.07) is 0. The maximum atomic E-state index is 12.1. The van der Waals surface area contributed by atoms with E-state index in [0.29, 0.717) is 0 Å². The first-order valence-electron chi connectivity index (χ1n) is 6.58. The van der Waals surface area contributed by atoms with Gasteiger partial charge in [-0.2, -0.15) is 0 Å². The number of aliphatic hydroxyl groups is 2. The molecule has 6 nitrogen and oxygen atoms in total. The lowest BCUT2D eigenvalue weighted by molar-refractivity contribution is -0.183. The first-order chi connectivity index (χ1) is 9.09. The molecule has 0 spiro atoms. The zero-order valence-corrected chi connectivity index (χ0v) is 12.4. The lowest BCUT2D eigenvalue weighted by atomic mass is 9.71. The van der Waals surface area contributed by atoms with E-state index in [1.165, 1.54) is 13.8 Å². The van der Waals surface area contributed by atoms with Crippen molar-refractivity contribution in [1.29, 1.82) is 0 Å². The largest absolute Gasteiger partial charge is 0.478 e. The summed E-state index contributed by atoms with van der Waals surface area (Å²) in [7, 11) is 0. The molecule has 0 aliphatic heterocycles. The summed E-state index contributed by atoms with van der Waals surface area (Å²) in [5.41, 5.74) is -1.58. The molecular weight excluding hydrogens is 264 g/mol. The minimum Gasteiger partial charge on any atom is -0.478 e. The number of esters is 1. The third-order valence-electron chi connectivity index (χ3n) is 3.35. The van der Waals surface area contributed by atoms with Crippen LogP contribution in [0.4, 0.5) is 0 Å². The number of ether oxygens (including phenoxy) is 1. The maximum Gasteiger partial charge on any atom is 0.331 e. The summed E-state index contributed by atoms with van der Waals surface area (Å²) in [5.74, 6) is -3.05. The van der Waals surface area contributed by atoms with E-state index in [-0.39, 0.29) is 18.4 Å². The van der Waals surface area contributed by atoms with E-state index in [1.807, 2.05) is 0 Å². The van der Waals surface area contributed by atoms with Crippen molar-refractivity contribution >= 4 is 11.9 Å². The molecule has 0 rings (SSSR count). The Morgan fingerprint density at radius 2 is 1.70 bits per heavy atom. The number of hydrogen-bond acceptors (Lipinski definition) is 5. The van der Waals surface area contributed by atoms with Crippen LogP contribution in [0, 0.1) is 11.3 Å². The van der Waals surface area contributed by atoms with Gasteiger partial charge < -0.3 is 20.1 Å². The Hall–Kier alpha value is -1.40. The van der Waals surface area contributed by atoms with Crippen molar-refractivity contribution in [3.05, 3.63) is 12.2 Å². The molecule has 0 radical (unpaired) electrons. The van der Waals surface area contributed by atoms with E-state index in [9.17, 15) is 19.8 Å². The summed E-state index contributed by atoms with van der Waals surface area (Å²) >= 11 is 0. The minimum absolute atomic E-state index is 0.225. The smallest absolute Gasteiger partial charge is 0.331 e. The molecule has 20 heavy (non-hydrogen) atoms. The highest BCUT2D eigenvalue weighted by atomic mass is 16.6. The van der Waals surface area contributed by atoms with Gasteiger partial charge in [0.05, 0.1) is 11.5 Å². The molecule has 3 atom stereocenters. The molecular formula is C14H24O6. The number of carboxylic acids is 1. The Bertz CT molecular complexity index is 374. The third-order valence-corrected chi connectivity index (χ3v) is 3.35. The molecule has 0 aliphatic carbocycles. The van der Waals surface area contributed by atoms with E-state index in [0.717, 1.165) is 0 Å². The van der Waals surface area contributed by atoms with Crippen LogP contribution < -0.4 is 0 Å². The number of carboxylic acid groups (broad SMARTS) is 1. The normalized spacial score (nSPS) is 16.1. The van der Waals surface area contributed by atoms with Crippen LogP contribution in [0.3, 0.4) is 0 Å². The summed E-state index contributed by atoms with van der Waals surface area (Å²) < 4.78 is 4.84. The molecule has 0 aromatic heterocycles. The number of carbonyl (C=O) groups excluding carboxylic acids is 1. The molecule has 0 heterocycles. The minimum atomic E-state index is -1.32. The highest BCUT2D eigenvalue weighted by Gasteiger charge is 2.45. The van der Waals surface area contributed by atoms with Crippen molar-refractivity contribution in [2.45, 2.75) is 52.9 Å². The molecule has 0 aromatic rings. The Labute approximate surface area is 119 Å². The van der Waals surface area contributed by atoms with Gasteiger partial charge in [-0.3, -0.25) is 4.79 Å². The monoisotopic (exact) mass is 288 g/mol. The number of aliphatic carboxylic acids is 1. The second kappa shape index (κ2) is 7.40. The van der Waals surface area contributed by atoms with Gasteiger partial charge in [-0.05, 0) is 20.3 Å². The molecule has 0 amide bonds. The average Bonchev–Trinajstić information content (AvgIpc) is 2.37. The van der Waals surface area contributed by atoms with Crippen LogP contribution in [0.15, 0.2) is 12.2 Å². The third kappa shape index (κ3) is 4.31. The molecule has 0 fully saturated rings. The Balaban J connectivity index is 5.37. The lowest BCUT2D eigenvalue weighted by Crippen LogP contribution is -2.44. The molecule has 0 saturated heterocycles. The fraction of sp³-hybridized carbons (Fsp3) is 0.714. The zero-order valence-electron chi connectivity index (χ0n) is 12.4. The maximum absolute atomic E-state index is 12.1. The Kier molecular flexibility index (Phi) is 6.88. The van der Waals surface area contributed by atoms with Crippen molar-refractivity contribution in [1.82, 2.24) is 0 Å². The summed E-state index contributed by atoms with van der Waals surface area (Å²) in [6.07, 6.45) is -1.80. The van der Waals surface area contributed by atoms with Crippen LogP contribution in [-0.2, 0) is 14.3 Å². The van der Waals surface area contributed by atoms with Crippen LogP contribution in [-0.4, -0.2) is 39.7 Å². The van der Waals surface area contributed by atoms with Gasteiger partial charge in [0.2, 0.25) is 0 Å². The predicted octanol–water partition coefficient (Wildman–Crippen LogP) is 1.31. The first kappa shape index (κ1) is 18.6. The molecule has 0 bridgehead atoms. The Morgan fingerprint density at radius 1 is 1.20 bits per heavy atom. The SMILES string of the molecule is C=C(C(=O)O)C(C(O)CC)C(C)(C)C(=O)OC(O)CC. The number of aliphatic hydroxyl groups excluding tert-OH is 2. The van der Waals surface area contributed by atoms with Crippen LogP contribution in [0.1, 0.15) is 40.5 Å². The number of carbonyl (C=O) groups is 2. The van der Waals surface area contributed by atoms with E-state index in [2.05, 4.69) is 6.58 Å². The van der Waals surface area contributed by atoms with Crippen molar-refractivity contribution in [2.75, 3.05) is 0 Å². The number of hydrogen-bond donors (Lipinski definition) is 3. The van der Waals surface area contributed by atoms with E-state index >= 15 is 0 Å². The van der Waals surface area contributed by atoms with Gasteiger partial charge in [0.25, 0.3) is 0 Å². The van der Waals surface area contributed by atoms with Gasteiger partial charge in [-0.15, -0.1) is 0 Å². The standard InChI is InChI=1S/C14H24O6/c1-6-9(15)11(8(3)12(17)18)14(4,5)13(19)20-10(16)7-2/h9-11,15-16H,3,6-7H2,1-2,4-5H3,(H,17,18). The van der Waals surface area contributed by atoms with Crippen LogP contribution in [0.2, 0.25) is 0 Å². The molecule has 6 heteroatoms. The van der Waals surface area contributed by atoms with Gasteiger partial charge in [0.1, 0.15) is 0 Å². The molecule has 3 unspecified atom stereocenters. The topological polar surface area (TPSA) is 104 Å². The second-order valence-electron chi connectivity index (χ2n) is 5.27. The fourth-order valence-electron chi connectivity index (χ4n) is 2.00. The van der Waals surface area contributed by atoms with E-state index in [1.54, 1.807) is 13.8 Å².